The Hall–Kier alpha value is -1.25. The van der Waals surface area contributed by atoms with Crippen molar-refractivity contribution in [2.75, 3.05) is 0 Å². The van der Waals surface area contributed by atoms with Crippen molar-refractivity contribution in [1.29, 1.82) is 0 Å². The van der Waals surface area contributed by atoms with E-state index in [2.05, 4.69) is 37.7 Å². The van der Waals surface area contributed by atoms with Gasteiger partial charge in [0.15, 0.2) is 5.78 Å². The molecule has 2 rings (SSSR count). The van der Waals surface area contributed by atoms with Crippen LogP contribution in [0.1, 0.15) is 61.9 Å². The zero-order valence-electron chi connectivity index (χ0n) is 10.4. The molecule has 1 aromatic rings. The molecule has 1 aliphatic rings. The van der Waals surface area contributed by atoms with Crippen LogP contribution in [0.5, 0.6) is 0 Å². The molecule has 0 aliphatic heterocycles. The number of carbonyl (C=O) groups is 1. The highest BCUT2D eigenvalue weighted by Gasteiger charge is 2.32. The lowest BCUT2D eigenvalue weighted by molar-refractivity contribution is 0.0909. The lowest BCUT2D eigenvalue weighted by Crippen LogP contribution is -2.28. The van der Waals surface area contributed by atoms with E-state index in [0.717, 1.165) is 23.5 Å². The minimum Gasteiger partial charge on any atom is -0.294 e. The van der Waals surface area contributed by atoms with Crippen molar-refractivity contribution < 1.29 is 4.79 Å². The zero-order valence-corrected chi connectivity index (χ0v) is 10.4. The summed E-state index contributed by atoms with van der Waals surface area (Å²) >= 11 is 0. The Labute approximate surface area is 96.3 Å². The molecule has 0 spiro atoms. The van der Waals surface area contributed by atoms with E-state index < -0.39 is 0 Å². The number of fused-ring (bicyclic) bond motifs is 1. The zero-order chi connectivity index (χ0) is 11.9. The fourth-order valence-corrected chi connectivity index (χ4v) is 2.12. The molecule has 0 atom stereocenters. The summed E-state index contributed by atoms with van der Waals surface area (Å²) < 4.78 is 0. The molecule has 3 nitrogen and oxygen atoms in total. The summed E-state index contributed by atoms with van der Waals surface area (Å²) in [6.45, 7) is 8.37. The summed E-state index contributed by atoms with van der Waals surface area (Å²) in [6.07, 6.45) is 3.18. The van der Waals surface area contributed by atoms with Gasteiger partial charge in [-0.2, -0.15) is 0 Å². The standard InChI is InChI=1S/C13H18N2O/c1-8(2)12-14-7-9-10(15-12)5-13(3,4)6-11(9)16/h7-8H,5-6H2,1-4H3. The van der Waals surface area contributed by atoms with Crippen LogP contribution in [0.4, 0.5) is 0 Å². The van der Waals surface area contributed by atoms with E-state index in [1.54, 1.807) is 6.20 Å². The van der Waals surface area contributed by atoms with Gasteiger partial charge in [-0.15, -0.1) is 0 Å². The molecule has 0 saturated heterocycles. The third-order valence-corrected chi connectivity index (χ3v) is 2.99. The summed E-state index contributed by atoms with van der Waals surface area (Å²) in [6, 6.07) is 0. The van der Waals surface area contributed by atoms with Crippen molar-refractivity contribution in [2.45, 2.75) is 46.5 Å². The molecule has 0 aromatic carbocycles. The molecule has 16 heavy (non-hydrogen) atoms. The quantitative estimate of drug-likeness (QED) is 0.728. The molecule has 0 N–H and O–H groups in total. The van der Waals surface area contributed by atoms with Gasteiger partial charge in [-0.1, -0.05) is 27.7 Å². The monoisotopic (exact) mass is 218 g/mol. The van der Waals surface area contributed by atoms with Gasteiger partial charge in [0.2, 0.25) is 0 Å². The molecule has 86 valence electrons. The minimum absolute atomic E-state index is 0.0344. The van der Waals surface area contributed by atoms with Crippen molar-refractivity contribution in [3.05, 3.63) is 23.3 Å². The normalized spacial score (nSPS) is 18.7. The van der Waals surface area contributed by atoms with E-state index >= 15 is 0 Å². The second-order valence-corrected chi connectivity index (χ2v) is 5.68. The molecule has 0 fully saturated rings. The summed E-state index contributed by atoms with van der Waals surface area (Å²) in [5, 5.41) is 0. The maximum atomic E-state index is 11.9. The van der Waals surface area contributed by atoms with Crippen LogP contribution in [0.3, 0.4) is 0 Å². The topological polar surface area (TPSA) is 42.9 Å². The van der Waals surface area contributed by atoms with Crippen molar-refractivity contribution >= 4 is 5.78 Å². The van der Waals surface area contributed by atoms with Crippen LogP contribution in [-0.2, 0) is 6.42 Å². The first kappa shape index (κ1) is 11.2. The van der Waals surface area contributed by atoms with E-state index in [1.807, 2.05) is 0 Å². The smallest absolute Gasteiger partial charge is 0.166 e. The van der Waals surface area contributed by atoms with Crippen LogP contribution in [-0.4, -0.2) is 15.8 Å². The number of aromatic nitrogens is 2. The second-order valence-electron chi connectivity index (χ2n) is 5.68. The van der Waals surface area contributed by atoms with Gasteiger partial charge in [0, 0.05) is 18.5 Å². The molecule has 1 aromatic heterocycles. The van der Waals surface area contributed by atoms with Crippen LogP contribution in [0, 0.1) is 5.41 Å². The fourth-order valence-electron chi connectivity index (χ4n) is 2.12. The Morgan fingerprint density at radius 3 is 2.62 bits per heavy atom. The maximum absolute atomic E-state index is 11.9. The maximum Gasteiger partial charge on any atom is 0.166 e. The SMILES string of the molecule is CC(C)c1ncc2c(n1)CC(C)(C)CC2=O. The molecule has 0 amide bonds. The molecule has 0 bridgehead atoms. The average molecular weight is 218 g/mol. The number of Topliss-reactive ketones (excluding diaryl/α,β-unsaturated/α-hetero) is 1. The van der Waals surface area contributed by atoms with E-state index in [1.165, 1.54) is 0 Å². The Bertz CT molecular complexity index is 436. The average Bonchev–Trinajstić information content (AvgIpc) is 2.14. The van der Waals surface area contributed by atoms with Crippen molar-refractivity contribution in [3.63, 3.8) is 0 Å². The third kappa shape index (κ3) is 1.99. The van der Waals surface area contributed by atoms with Crippen molar-refractivity contribution in [2.24, 2.45) is 5.41 Å². The number of hydrogen-bond acceptors (Lipinski definition) is 3. The molecular formula is C13H18N2O. The predicted molar refractivity (Wildman–Crippen MR) is 62.6 cm³/mol. The Morgan fingerprint density at radius 1 is 1.31 bits per heavy atom. The highest BCUT2D eigenvalue weighted by Crippen LogP contribution is 2.33. The van der Waals surface area contributed by atoms with Gasteiger partial charge in [-0.3, -0.25) is 4.79 Å². The van der Waals surface area contributed by atoms with Crippen molar-refractivity contribution in [3.8, 4) is 0 Å². The molecule has 1 heterocycles. The van der Waals surface area contributed by atoms with E-state index in [-0.39, 0.29) is 11.2 Å². The van der Waals surface area contributed by atoms with Gasteiger partial charge in [0.05, 0.1) is 11.3 Å². The number of carbonyl (C=O) groups excluding carboxylic acids is 1. The van der Waals surface area contributed by atoms with Gasteiger partial charge in [-0.05, 0) is 11.8 Å². The Morgan fingerprint density at radius 2 is 2.00 bits per heavy atom. The highest BCUT2D eigenvalue weighted by atomic mass is 16.1. The van der Waals surface area contributed by atoms with Crippen LogP contribution < -0.4 is 0 Å². The summed E-state index contributed by atoms with van der Waals surface area (Å²) in [5.74, 6) is 1.33. The molecule has 3 heteroatoms. The third-order valence-electron chi connectivity index (χ3n) is 2.99. The van der Waals surface area contributed by atoms with Gasteiger partial charge < -0.3 is 0 Å². The summed E-state index contributed by atoms with van der Waals surface area (Å²) in [5.41, 5.74) is 1.69. The van der Waals surface area contributed by atoms with Gasteiger partial charge in [0.25, 0.3) is 0 Å². The van der Waals surface area contributed by atoms with Gasteiger partial charge in [0.1, 0.15) is 5.82 Å². The summed E-state index contributed by atoms with van der Waals surface area (Å²) in [4.78, 5) is 20.7. The van der Waals surface area contributed by atoms with Crippen LogP contribution in [0.15, 0.2) is 6.20 Å². The van der Waals surface area contributed by atoms with Crippen LogP contribution in [0.2, 0.25) is 0 Å². The first-order chi connectivity index (χ1) is 7.39. The lowest BCUT2D eigenvalue weighted by atomic mass is 9.76. The number of hydrogen-bond donors (Lipinski definition) is 0. The molecular weight excluding hydrogens is 200 g/mol. The molecule has 0 radical (unpaired) electrons. The van der Waals surface area contributed by atoms with Crippen LogP contribution in [0.25, 0.3) is 0 Å². The predicted octanol–water partition coefficient (Wildman–Crippen LogP) is 2.76. The molecule has 1 aliphatic carbocycles. The molecule has 0 saturated carbocycles. The Kier molecular flexibility index (Phi) is 2.56. The van der Waals surface area contributed by atoms with E-state index in [4.69, 9.17) is 0 Å². The van der Waals surface area contributed by atoms with E-state index in [0.29, 0.717) is 12.3 Å². The summed E-state index contributed by atoms with van der Waals surface area (Å²) in [7, 11) is 0. The van der Waals surface area contributed by atoms with Crippen LogP contribution >= 0.6 is 0 Å². The lowest BCUT2D eigenvalue weighted by Gasteiger charge is -2.29. The highest BCUT2D eigenvalue weighted by molar-refractivity contribution is 5.98. The van der Waals surface area contributed by atoms with Crippen molar-refractivity contribution in [1.82, 2.24) is 9.97 Å². The fraction of sp³-hybridized carbons (Fsp3) is 0.615. The van der Waals surface area contributed by atoms with E-state index in [9.17, 15) is 4.79 Å². The first-order valence-corrected chi connectivity index (χ1v) is 5.78. The second kappa shape index (κ2) is 3.65. The number of ketones is 1. The Balaban J connectivity index is 2.46. The number of nitrogens with zero attached hydrogens (tertiary/aromatic N) is 2. The number of rotatable bonds is 1. The van der Waals surface area contributed by atoms with Gasteiger partial charge >= 0.3 is 0 Å². The van der Waals surface area contributed by atoms with Gasteiger partial charge in [-0.25, -0.2) is 9.97 Å². The minimum atomic E-state index is 0.0344. The molecule has 0 unspecified atom stereocenters. The largest absolute Gasteiger partial charge is 0.294 e. The first-order valence-electron chi connectivity index (χ1n) is 5.78.